The summed E-state index contributed by atoms with van der Waals surface area (Å²) in [5.41, 5.74) is 0.447. The fourth-order valence-electron chi connectivity index (χ4n) is 2.86. The molecule has 0 unspecified atom stereocenters. The average molecular weight is 357 g/mol. The van der Waals surface area contributed by atoms with Crippen molar-refractivity contribution in [3.05, 3.63) is 60.2 Å². The summed E-state index contributed by atoms with van der Waals surface area (Å²) in [5, 5.41) is 11.9. The largest absolute Gasteiger partial charge is 0.457 e. The number of amides is 1. The second-order valence-corrected chi connectivity index (χ2v) is 5.99. The SMILES string of the molecule is O=C(N[C@@H]1COCC[C@@H]1OCCO)c1ccccc1Oc1ccccc1. The average Bonchev–Trinajstić information content (AvgIpc) is 2.68. The standard InChI is InChI=1S/C20H23NO5/c22-11-13-25-19-10-12-24-14-17(19)21-20(23)16-8-4-5-9-18(16)26-15-6-2-1-3-7-15/h1-9,17,19,22H,10-14H2,(H,21,23)/t17-,19+/m1/s1. The van der Waals surface area contributed by atoms with Crippen LogP contribution < -0.4 is 10.1 Å². The highest BCUT2D eigenvalue weighted by Gasteiger charge is 2.28. The van der Waals surface area contributed by atoms with Crippen LogP contribution in [0, 0.1) is 0 Å². The first-order chi connectivity index (χ1) is 12.8. The predicted octanol–water partition coefficient (Wildman–Crippen LogP) is 2.38. The van der Waals surface area contributed by atoms with Crippen molar-refractivity contribution < 1.29 is 24.1 Å². The Morgan fingerprint density at radius 1 is 1.15 bits per heavy atom. The highest BCUT2D eigenvalue weighted by Crippen LogP contribution is 2.25. The molecule has 6 nitrogen and oxygen atoms in total. The van der Waals surface area contributed by atoms with E-state index in [4.69, 9.17) is 19.3 Å². The number of carbonyl (C=O) groups is 1. The van der Waals surface area contributed by atoms with Crippen LogP contribution in [-0.4, -0.2) is 49.6 Å². The number of para-hydroxylation sites is 2. The molecule has 1 saturated heterocycles. The summed E-state index contributed by atoms with van der Waals surface area (Å²) in [7, 11) is 0. The van der Waals surface area contributed by atoms with Gasteiger partial charge in [0.25, 0.3) is 5.91 Å². The van der Waals surface area contributed by atoms with Crippen LogP contribution in [0.3, 0.4) is 0 Å². The van der Waals surface area contributed by atoms with Gasteiger partial charge in [-0.3, -0.25) is 4.79 Å². The van der Waals surface area contributed by atoms with Crippen molar-refractivity contribution in [1.82, 2.24) is 5.32 Å². The Kier molecular flexibility index (Phi) is 6.60. The Labute approximate surface area is 152 Å². The lowest BCUT2D eigenvalue weighted by atomic mass is 10.1. The predicted molar refractivity (Wildman–Crippen MR) is 96.5 cm³/mol. The third kappa shape index (κ3) is 4.82. The molecule has 0 spiro atoms. The van der Waals surface area contributed by atoms with Gasteiger partial charge in [-0.15, -0.1) is 0 Å². The molecule has 1 fully saturated rings. The monoisotopic (exact) mass is 357 g/mol. The normalized spacial score (nSPS) is 19.7. The summed E-state index contributed by atoms with van der Waals surface area (Å²) in [4.78, 5) is 12.8. The van der Waals surface area contributed by atoms with Gasteiger partial charge in [-0.1, -0.05) is 30.3 Å². The zero-order valence-electron chi connectivity index (χ0n) is 14.5. The van der Waals surface area contributed by atoms with Crippen molar-refractivity contribution in [2.24, 2.45) is 0 Å². The highest BCUT2D eigenvalue weighted by atomic mass is 16.5. The molecule has 0 bridgehead atoms. The number of aliphatic hydroxyl groups is 1. The molecule has 26 heavy (non-hydrogen) atoms. The summed E-state index contributed by atoms with van der Waals surface area (Å²) < 4.78 is 17.0. The van der Waals surface area contributed by atoms with Crippen molar-refractivity contribution in [2.45, 2.75) is 18.6 Å². The molecular weight excluding hydrogens is 334 g/mol. The minimum atomic E-state index is -0.271. The smallest absolute Gasteiger partial charge is 0.255 e. The van der Waals surface area contributed by atoms with E-state index >= 15 is 0 Å². The molecule has 3 rings (SSSR count). The van der Waals surface area contributed by atoms with E-state index in [1.807, 2.05) is 36.4 Å². The van der Waals surface area contributed by atoms with Crippen LogP contribution in [0.4, 0.5) is 0 Å². The minimum Gasteiger partial charge on any atom is -0.457 e. The lowest BCUT2D eigenvalue weighted by Gasteiger charge is -2.32. The van der Waals surface area contributed by atoms with E-state index in [0.29, 0.717) is 36.7 Å². The molecule has 2 atom stereocenters. The van der Waals surface area contributed by atoms with Crippen LogP contribution in [-0.2, 0) is 9.47 Å². The zero-order chi connectivity index (χ0) is 18.2. The summed E-state index contributed by atoms with van der Waals surface area (Å²) in [6.45, 7) is 1.15. The van der Waals surface area contributed by atoms with Crippen LogP contribution in [0.25, 0.3) is 0 Å². The molecule has 0 radical (unpaired) electrons. The molecule has 2 aromatic carbocycles. The first-order valence-electron chi connectivity index (χ1n) is 8.71. The third-order valence-electron chi connectivity index (χ3n) is 4.14. The van der Waals surface area contributed by atoms with E-state index in [-0.39, 0.29) is 31.3 Å². The van der Waals surface area contributed by atoms with Crippen LogP contribution in [0.1, 0.15) is 16.8 Å². The van der Waals surface area contributed by atoms with Crippen LogP contribution >= 0.6 is 0 Å². The third-order valence-corrected chi connectivity index (χ3v) is 4.14. The number of ether oxygens (including phenoxy) is 3. The molecule has 1 amide bonds. The minimum absolute atomic E-state index is 0.0498. The number of hydrogen-bond acceptors (Lipinski definition) is 5. The topological polar surface area (TPSA) is 77.0 Å². The van der Waals surface area contributed by atoms with Gasteiger partial charge in [0, 0.05) is 6.61 Å². The number of carbonyl (C=O) groups excluding carboxylic acids is 1. The maximum atomic E-state index is 12.8. The van der Waals surface area contributed by atoms with Gasteiger partial charge >= 0.3 is 0 Å². The number of rotatable bonds is 7. The Morgan fingerprint density at radius 3 is 2.73 bits per heavy atom. The zero-order valence-corrected chi connectivity index (χ0v) is 14.5. The van der Waals surface area contributed by atoms with E-state index in [1.54, 1.807) is 18.2 Å². The highest BCUT2D eigenvalue weighted by molar-refractivity contribution is 5.97. The molecule has 138 valence electrons. The van der Waals surface area contributed by atoms with Crippen molar-refractivity contribution in [2.75, 3.05) is 26.4 Å². The second kappa shape index (κ2) is 9.33. The van der Waals surface area contributed by atoms with Crippen molar-refractivity contribution in [3.63, 3.8) is 0 Å². The molecule has 1 aliphatic heterocycles. The number of benzene rings is 2. The molecule has 0 aliphatic carbocycles. The first kappa shape index (κ1) is 18.4. The Balaban J connectivity index is 1.71. The van der Waals surface area contributed by atoms with E-state index in [1.165, 1.54) is 0 Å². The van der Waals surface area contributed by atoms with Crippen LogP contribution in [0.5, 0.6) is 11.5 Å². The van der Waals surface area contributed by atoms with Gasteiger partial charge in [0.2, 0.25) is 0 Å². The van der Waals surface area contributed by atoms with Gasteiger partial charge < -0.3 is 24.6 Å². The molecular formula is C20H23NO5. The Bertz CT molecular complexity index is 706. The van der Waals surface area contributed by atoms with E-state index in [2.05, 4.69) is 5.32 Å². The summed E-state index contributed by atoms with van der Waals surface area (Å²) >= 11 is 0. The molecule has 1 heterocycles. The lowest BCUT2D eigenvalue weighted by Crippen LogP contribution is -2.50. The Hall–Kier alpha value is -2.41. The van der Waals surface area contributed by atoms with E-state index in [0.717, 1.165) is 0 Å². The van der Waals surface area contributed by atoms with E-state index < -0.39 is 0 Å². The number of nitrogens with one attached hydrogen (secondary N) is 1. The van der Waals surface area contributed by atoms with Crippen molar-refractivity contribution >= 4 is 5.91 Å². The molecule has 0 aromatic heterocycles. The van der Waals surface area contributed by atoms with Crippen LogP contribution in [0.2, 0.25) is 0 Å². The van der Waals surface area contributed by atoms with Gasteiger partial charge in [-0.2, -0.15) is 0 Å². The summed E-state index contributed by atoms with van der Waals surface area (Å²) in [6, 6.07) is 16.2. The van der Waals surface area contributed by atoms with Gasteiger partial charge in [0.1, 0.15) is 11.5 Å². The number of aliphatic hydroxyl groups excluding tert-OH is 1. The fourth-order valence-corrected chi connectivity index (χ4v) is 2.86. The lowest BCUT2D eigenvalue weighted by molar-refractivity contribution is -0.0612. The second-order valence-electron chi connectivity index (χ2n) is 5.99. The first-order valence-corrected chi connectivity index (χ1v) is 8.71. The fraction of sp³-hybridized carbons (Fsp3) is 0.350. The van der Waals surface area contributed by atoms with Gasteiger partial charge in [-0.25, -0.2) is 0 Å². The molecule has 0 saturated carbocycles. The van der Waals surface area contributed by atoms with Gasteiger partial charge in [0.05, 0.1) is 37.5 Å². The Morgan fingerprint density at radius 2 is 1.92 bits per heavy atom. The quantitative estimate of drug-likeness (QED) is 0.796. The van der Waals surface area contributed by atoms with Crippen molar-refractivity contribution in [3.8, 4) is 11.5 Å². The molecule has 1 aliphatic rings. The van der Waals surface area contributed by atoms with Crippen molar-refractivity contribution in [1.29, 1.82) is 0 Å². The van der Waals surface area contributed by atoms with Crippen LogP contribution in [0.15, 0.2) is 54.6 Å². The van der Waals surface area contributed by atoms with Gasteiger partial charge in [0.15, 0.2) is 0 Å². The van der Waals surface area contributed by atoms with Gasteiger partial charge in [-0.05, 0) is 30.7 Å². The molecule has 2 aromatic rings. The summed E-state index contributed by atoms with van der Waals surface area (Å²) in [6.07, 6.45) is 0.495. The maximum Gasteiger partial charge on any atom is 0.255 e. The van der Waals surface area contributed by atoms with E-state index in [9.17, 15) is 4.79 Å². The summed E-state index contributed by atoms with van der Waals surface area (Å²) in [5.74, 6) is 0.906. The maximum absolute atomic E-state index is 12.8. The molecule has 6 heteroatoms. The molecule has 2 N–H and O–H groups in total. The number of hydrogen-bond donors (Lipinski definition) is 2.